The van der Waals surface area contributed by atoms with Gasteiger partial charge in [-0.05, 0) is 31.1 Å². The highest BCUT2D eigenvalue weighted by molar-refractivity contribution is 5.91. The molecule has 148 valence electrons. The van der Waals surface area contributed by atoms with Crippen LogP contribution in [0.5, 0.6) is 6.01 Å². The van der Waals surface area contributed by atoms with Crippen LogP contribution >= 0.6 is 0 Å². The van der Waals surface area contributed by atoms with E-state index in [1.807, 2.05) is 0 Å². The maximum absolute atomic E-state index is 13.6. The molecule has 9 heteroatoms. The SMILES string of the molecule is O=C(/C=C/c1ccccc1F)N1CCCC(Oc2nccc(C(F)(F)F)n2)C1. The van der Waals surface area contributed by atoms with Crippen molar-refractivity contribution in [2.75, 3.05) is 13.1 Å². The zero-order valence-corrected chi connectivity index (χ0v) is 14.7. The van der Waals surface area contributed by atoms with E-state index in [9.17, 15) is 22.4 Å². The topological polar surface area (TPSA) is 55.3 Å². The molecule has 1 aliphatic rings. The lowest BCUT2D eigenvalue weighted by Crippen LogP contribution is -2.44. The first-order chi connectivity index (χ1) is 13.3. The Bertz CT molecular complexity index is 870. The number of alkyl halides is 3. The molecular weight excluding hydrogens is 378 g/mol. The van der Waals surface area contributed by atoms with Gasteiger partial charge in [0, 0.05) is 24.4 Å². The number of nitrogens with zero attached hydrogens (tertiary/aromatic N) is 3. The zero-order valence-electron chi connectivity index (χ0n) is 14.7. The number of rotatable bonds is 4. The van der Waals surface area contributed by atoms with Crippen LogP contribution in [-0.4, -0.2) is 40.0 Å². The van der Waals surface area contributed by atoms with Gasteiger partial charge in [0.2, 0.25) is 5.91 Å². The van der Waals surface area contributed by atoms with Crippen LogP contribution in [0.4, 0.5) is 17.6 Å². The fraction of sp³-hybridized carbons (Fsp3) is 0.316. The summed E-state index contributed by atoms with van der Waals surface area (Å²) >= 11 is 0. The van der Waals surface area contributed by atoms with Crippen LogP contribution in [0.3, 0.4) is 0 Å². The Morgan fingerprint density at radius 2 is 2.04 bits per heavy atom. The summed E-state index contributed by atoms with van der Waals surface area (Å²) in [6.45, 7) is 0.657. The van der Waals surface area contributed by atoms with Gasteiger partial charge < -0.3 is 9.64 Å². The summed E-state index contributed by atoms with van der Waals surface area (Å²) in [5.74, 6) is -0.769. The lowest BCUT2D eigenvalue weighted by Gasteiger charge is -2.31. The van der Waals surface area contributed by atoms with Crippen LogP contribution in [-0.2, 0) is 11.0 Å². The van der Waals surface area contributed by atoms with Crippen LogP contribution in [0.1, 0.15) is 24.1 Å². The molecular formula is C19H17F4N3O2. The predicted octanol–water partition coefficient (Wildman–Crippen LogP) is 3.72. The number of amides is 1. The molecule has 1 aromatic heterocycles. The first-order valence-electron chi connectivity index (χ1n) is 8.61. The minimum atomic E-state index is -4.59. The van der Waals surface area contributed by atoms with Crippen molar-refractivity contribution in [3.05, 3.63) is 59.7 Å². The molecule has 2 heterocycles. The maximum Gasteiger partial charge on any atom is 0.433 e. The van der Waals surface area contributed by atoms with Gasteiger partial charge in [-0.15, -0.1) is 0 Å². The third kappa shape index (κ3) is 5.05. The number of aromatic nitrogens is 2. The second-order valence-electron chi connectivity index (χ2n) is 6.24. The molecule has 1 saturated heterocycles. The maximum atomic E-state index is 13.6. The van der Waals surface area contributed by atoms with Crippen molar-refractivity contribution in [1.82, 2.24) is 14.9 Å². The number of hydrogen-bond donors (Lipinski definition) is 0. The summed E-state index contributed by atoms with van der Waals surface area (Å²) in [4.78, 5) is 20.9. The van der Waals surface area contributed by atoms with Crippen molar-refractivity contribution >= 4 is 12.0 Å². The first-order valence-corrected chi connectivity index (χ1v) is 8.61. The fourth-order valence-corrected chi connectivity index (χ4v) is 2.82. The molecule has 0 aliphatic carbocycles. The third-order valence-corrected chi connectivity index (χ3v) is 4.20. The highest BCUT2D eigenvalue weighted by atomic mass is 19.4. The van der Waals surface area contributed by atoms with E-state index in [1.54, 1.807) is 18.2 Å². The quantitative estimate of drug-likeness (QED) is 0.585. The molecule has 0 N–H and O–H groups in total. The number of carbonyl (C=O) groups is 1. The molecule has 1 amide bonds. The molecule has 28 heavy (non-hydrogen) atoms. The number of piperidine rings is 1. The van der Waals surface area contributed by atoms with Gasteiger partial charge in [-0.3, -0.25) is 4.79 Å². The van der Waals surface area contributed by atoms with Crippen molar-refractivity contribution in [2.24, 2.45) is 0 Å². The van der Waals surface area contributed by atoms with Gasteiger partial charge in [0.25, 0.3) is 0 Å². The summed E-state index contributed by atoms with van der Waals surface area (Å²) in [5.41, 5.74) is -0.799. The monoisotopic (exact) mass is 395 g/mol. The van der Waals surface area contributed by atoms with E-state index in [4.69, 9.17) is 4.74 Å². The van der Waals surface area contributed by atoms with E-state index >= 15 is 0 Å². The Kier molecular flexibility index (Phi) is 5.91. The fourth-order valence-electron chi connectivity index (χ4n) is 2.82. The summed E-state index contributed by atoms with van der Waals surface area (Å²) in [6, 6.07) is 6.44. The van der Waals surface area contributed by atoms with Gasteiger partial charge >= 0.3 is 12.2 Å². The molecule has 1 aliphatic heterocycles. The van der Waals surface area contributed by atoms with Crippen molar-refractivity contribution in [2.45, 2.75) is 25.1 Å². The Balaban J connectivity index is 1.62. The predicted molar refractivity (Wildman–Crippen MR) is 92.7 cm³/mol. The number of likely N-dealkylation sites (tertiary alicyclic amines) is 1. The highest BCUT2D eigenvalue weighted by Crippen LogP contribution is 2.28. The minimum absolute atomic E-state index is 0.181. The van der Waals surface area contributed by atoms with E-state index in [2.05, 4.69) is 9.97 Å². The molecule has 0 radical (unpaired) electrons. The van der Waals surface area contributed by atoms with Crippen molar-refractivity contribution in [3.8, 4) is 6.01 Å². The Morgan fingerprint density at radius 3 is 2.79 bits per heavy atom. The number of carbonyl (C=O) groups excluding carboxylic acids is 1. The Morgan fingerprint density at radius 1 is 1.25 bits per heavy atom. The number of ether oxygens (including phenoxy) is 1. The van der Waals surface area contributed by atoms with E-state index in [0.717, 1.165) is 12.3 Å². The number of halogens is 4. The summed E-state index contributed by atoms with van der Waals surface area (Å²) in [7, 11) is 0. The van der Waals surface area contributed by atoms with Crippen LogP contribution < -0.4 is 4.74 Å². The molecule has 2 aromatic rings. The molecule has 1 aromatic carbocycles. The van der Waals surface area contributed by atoms with Crippen molar-refractivity contribution in [3.63, 3.8) is 0 Å². The van der Waals surface area contributed by atoms with Gasteiger partial charge in [-0.1, -0.05) is 18.2 Å². The Hall–Kier alpha value is -2.97. The molecule has 1 atom stereocenters. The second kappa shape index (κ2) is 8.37. The standard InChI is InChI=1S/C19H17F4N3O2/c20-15-6-2-1-4-13(15)7-8-17(27)26-11-3-5-14(12-26)28-18-24-10-9-16(25-18)19(21,22)23/h1-2,4,6-10,14H,3,5,11-12H2/b8-7+. The minimum Gasteiger partial charge on any atom is -0.458 e. The van der Waals surface area contributed by atoms with Crippen LogP contribution in [0.15, 0.2) is 42.6 Å². The zero-order chi connectivity index (χ0) is 20.1. The van der Waals surface area contributed by atoms with Gasteiger partial charge in [-0.2, -0.15) is 18.2 Å². The van der Waals surface area contributed by atoms with Crippen LogP contribution in [0.2, 0.25) is 0 Å². The van der Waals surface area contributed by atoms with E-state index in [1.165, 1.54) is 23.1 Å². The van der Waals surface area contributed by atoms with E-state index in [0.29, 0.717) is 19.4 Å². The molecule has 0 saturated carbocycles. The van der Waals surface area contributed by atoms with Gasteiger partial charge in [0.1, 0.15) is 11.9 Å². The normalized spacial score (nSPS) is 17.7. The van der Waals surface area contributed by atoms with Crippen molar-refractivity contribution < 1.29 is 27.1 Å². The van der Waals surface area contributed by atoms with Gasteiger partial charge in [0.05, 0.1) is 6.54 Å². The first kappa shape index (κ1) is 19.8. The van der Waals surface area contributed by atoms with Gasteiger partial charge in [0.15, 0.2) is 5.69 Å². The van der Waals surface area contributed by atoms with Gasteiger partial charge in [-0.25, -0.2) is 9.37 Å². The summed E-state index contributed by atoms with van der Waals surface area (Å²) < 4.78 is 57.3. The molecule has 5 nitrogen and oxygen atoms in total. The number of benzene rings is 1. The smallest absolute Gasteiger partial charge is 0.433 e. The lowest BCUT2D eigenvalue weighted by atomic mass is 10.1. The highest BCUT2D eigenvalue weighted by Gasteiger charge is 2.33. The molecule has 0 bridgehead atoms. The molecule has 1 unspecified atom stereocenters. The second-order valence-corrected chi connectivity index (χ2v) is 6.24. The number of hydrogen-bond acceptors (Lipinski definition) is 4. The largest absolute Gasteiger partial charge is 0.458 e. The molecule has 3 rings (SSSR count). The summed E-state index contributed by atoms with van der Waals surface area (Å²) in [5, 5.41) is 0. The third-order valence-electron chi connectivity index (χ3n) is 4.20. The van der Waals surface area contributed by atoms with Crippen LogP contribution in [0.25, 0.3) is 6.08 Å². The lowest BCUT2D eigenvalue weighted by molar-refractivity contribution is -0.141. The van der Waals surface area contributed by atoms with Crippen molar-refractivity contribution in [1.29, 1.82) is 0 Å². The average Bonchev–Trinajstić information content (AvgIpc) is 2.67. The Labute approximate surface area is 158 Å². The average molecular weight is 395 g/mol. The molecule has 1 fully saturated rings. The van der Waals surface area contributed by atoms with E-state index in [-0.39, 0.29) is 24.0 Å². The summed E-state index contributed by atoms with van der Waals surface area (Å²) in [6.07, 6.45) is -0.313. The van der Waals surface area contributed by atoms with E-state index < -0.39 is 23.8 Å². The van der Waals surface area contributed by atoms with Crippen LogP contribution in [0, 0.1) is 5.82 Å². The molecule has 0 spiro atoms.